The normalized spacial score (nSPS) is 15.4. The van der Waals surface area contributed by atoms with E-state index in [1.54, 1.807) is 0 Å². The van der Waals surface area contributed by atoms with Crippen LogP contribution < -0.4 is 10.6 Å². The average molecular weight is 334 g/mol. The van der Waals surface area contributed by atoms with Crippen molar-refractivity contribution in [3.05, 3.63) is 59.9 Å². The van der Waals surface area contributed by atoms with E-state index in [1.165, 1.54) is 0 Å². The Morgan fingerprint density at radius 3 is 2.68 bits per heavy atom. The van der Waals surface area contributed by atoms with Crippen LogP contribution in [-0.2, 0) is 0 Å². The van der Waals surface area contributed by atoms with Gasteiger partial charge in [0.15, 0.2) is 0 Å². The number of aromatic nitrogens is 2. The Morgan fingerprint density at radius 1 is 1.16 bits per heavy atom. The third-order valence-electron chi connectivity index (χ3n) is 4.78. The van der Waals surface area contributed by atoms with Gasteiger partial charge in [-0.05, 0) is 45.0 Å². The Morgan fingerprint density at radius 2 is 1.92 bits per heavy atom. The summed E-state index contributed by atoms with van der Waals surface area (Å²) in [5, 5.41) is 6.47. The molecule has 3 aromatic rings. The molecule has 1 aliphatic heterocycles. The number of pyridine rings is 1. The fourth-order valence-electron chi connectivity index (χ4n) is 3.48. The molecule has 0 atom stereocenters. The lowest BCUT2D eigenvalue weighted by Gasteiger charge is -2.23. The Bertz CT molecular complexity index is 895. The molecule has 2 N–H and O–H groups in total. The summed E-state index contributed by atoms with van der Waals surface area (Å²) in [7, 11) is 0. The van der Waals surface area contributed by atoms with E-state index in [1.807, 2.05) is 47.9 Å². The van der Waals surface area contributed by atoms with Gasteiger partial charge >= 0.3 is 0 Å². The first-order valence-corrected chi connectivity index (χ1v) is 8.78. The molecule has 0 unspecified atom stereocenters. The van der Waals surface area contributed by atoms with Crippen LogP contribution in [0, 0.1) is 6.92 Å². The number of carbonyl (C=O) groups is 1. The summed E-state index contributed by atoms with van der Waals surface area (Å²) in [5.74, 6) is -0.0147. The summed E-state index contributed by atoms with van der Waals surface area (Å²) < 4.78 is 2.02. The van der Waals surface area contributed by atoms with Crippen LogP contribution in [0.3, 0.4) is 0 Å². The molecule has 0 spiro atoms. The maximum atomic E-state index is 12.6. The lowest BCUT2D eigenvalue weighted by molar-refractivity contribution is 0.0929. The predicted molar refractivity (Wildman–Crippen MR) is 98.7 cm³/mol. The SMILES string of the molecule is Cc1nc2ccc(C(=O)NC3CCNCC3)cn2c1-c1ccccc1. The number of nitrogens with one attached hydrogen (secondary N) is 2. The molecule has 1 aliphatic rings. The first-order valence-electron chi connectivity index (χ1n) is 8.78. The Labute approximate surface area is 147 Å². The minimum Gasteiger partial charge on any atom is -0.349 e. The molecule has 5 nitrogen and oxygen atoms in total. The summed E-state index contributed by atoms with van der Waals surface area (Å²) >= 11 is 0. The molecule has 0 bridgehead atoms. The minimum absolute atomic E-state index is 0.0147. The first kappa shape index (κ1) is 15.8. The van der Waals surface area contributed by atoms with E-state index >= 15 is 0 Å². The number of imidazole rings is 1. The van der Waals surface area contributed by atoms with Crippen molar-refractivity contribution in [2.45, 2.75) is 25.8 Å². The van der Waals surface area contributed by atoms with Crippen LogP contribution in [0.4, 0.5) is 0 Å². The monoisotopic (exact) mass is 334 g/mol. The number of carbonyl (C=O) groups excluding carboxylic acids is 1. The van der Waals surface area contributed by atoms with Gasteiger partial charge in [0.25, 0.3) is 5.91 Å². The minimum atomic E-state index is -0.0147. The fourth-order valence-corrected chi connectivity index (χ4v) is 3.48. The molecule has 1 aromatic carbocycles. The maximum Gasteiger partial charge on any atom is 0.252 e. The zero-order valence-corrected chi connectivity index (χ0v) is 14.3. The van der Waals surface area contributed by atoms with Crippen LogP contribution in [-0.4, -0.2) is 34.4 Å². The van der Waals surface area contributed by atoms with E-state index in [9.17, 15) is 4.79 Å². The van der Waals surface area contributed by atoms with Crippen molar-refractivity contribution < 1.29 is 4.79 Å². The number of rotatable bonds is 3. The smallest absolute Gasteiger partial charge is 0.252 e. The van der Waals surface area contributed by atoms with Crippen molar-refractivity contribution in [3.63, 3.8) is 0 Å². The van der Waals surface area contributed by atoms with Gasteiger partial charge in [-0.15, -0.1) is 0 Å². The number of fused-ring (bicyclic) bond motifs is 1. The number of hydrogen-bond donors (Lipinski definition) is 2. The van der Waals surface area contributed by atoms with E-state index in [0.29, 0.717) is 5.56 Å². The van der Waals surface area contributed by atoms with Crippen LogP contribution in [0.5, 0.6) is 0 Å². The summed E-state index contributed by atoms with van der Waals surface area (Å²) in [5.41, 5.74) is 4.62. The first-order chi connectivity index (χ1) is 12.2. The Kier molecular flexibility index (Phi) is 4.24. The number of hydrogen-bond acceptors (Lipinski definition) is 3. The molecule has 2 aromatic heterocycles. The number of piperidine rings is 1. The highest BCUT2D eigenvalue weighted by Gasteiger charge is 2.18. The molecule has 1 saturated heterocycles. The predicted octanol–water partition coefficient (Wildman–Crippen LogP) is 2.79. The lowest BCUT2D eigenvalue weighted by Crippen LogP contribution is -2.42. The zero-order chi connectivity index (χ0) is 17.2. The number of benzene rings is 1. The van der Waals surface area contributed by atoms with Gasteiger partial charge in [-0.2, -0.15) is 0 Å². The van der Waals surface area contributed by atoms with E-state index in [-0.39, 0.29) is 11.9 Å². The lowest BCUT2D eigenvalue weighted by atomic mass is 10.1. The Hall–Kier alpha value is -2.66. The molecular weight excluding hydrogens is 312 g/mol. The third-order valence-corrected chi connectivity index (χ3v) is 4.78. The Balaban J connectivity index is 1.68. The molecule has 3 heterocycles. The van der Waals surface area contributed by atoms with Gasteiger partial charge in [0, 0.05) is 17.8 Å². The summed E-state index contributed by atoms with van der Waals surface area (Å²) in [6.45, 7) is 3.93. The van der Waals surface area contributed by atoms with Crippen molar-refractivity contribution >= 4 is 11.6 Å². The van der Waals surface area contributed by atoms with E-state index < -0.39 is 0 Å². The summed E-state index contributed by atoms with van der Waals surface area (Å²) in [6.07, 6.45) is 3.86. The molecule has 0 saturated carbocycles. The quantitative estimate of drug-likeness (QED) is 0.774. The summed E-state index contributed by atoms with van der Waals surface area (Å²) in [4.78, 5) is 17.3. The van der Waals surface area contributed by atoms with Crippen LogP contribution >= 0.6 is 0 Å². The third kappa shape index (κ3) is 3.15. The van der Waals surface area contributed by atoms with Gasteiger partial charge in [0.1, 0.15) is 5.65 Å². The molecule has 0 aliphatic carbocycles. The van der Waals surface area contributed by atoms with Gasteiger partial charge in [0.2, 0.25) is 0 Å². The van der Waals surface area contributed by atoms with Crippen molar-refractivity contribution in [2.75, 3.05) is 13.1 Å². The molecule has 5 heteroatoms. The second kappa shape index (κ2) is 6.69. The number of nitrogens with zero attached hydrogens (tertiary/aromatic N) is 2. The van der Waals surface area contributed by atoms with Gasteiger partial charge < -0.3 is 10.6 Å². The van der Waals surface area contributed by atoms with Crippen LogP contribution in [0.25, 0.3) is 16.9 Å². The standard InChI is InChI=1S/C20H22N4O/c1-14-19(15-5-3-2-4-6-15)24-13-16(7-8-18(24)22-14)20(25)23-17-9-11-21-12-10-17/h2-8,13,17,21H,9-12H2,1H3,(H,23,25). The molecule has 4 rings (SSSR count). The van der Waals surface area contributed by atoms with Crippen molar-refractivity contribution in [1.82, 2.24) is 20.0 Å². The highest BCUT2D eigenvalue weighted by Crippen LogP contribution is 2.25. The molecule has 0 radical (unpaired) electrons. The van der Waals surface area contributed by atoms with Gasteiger partial charge in [-0.1, -0.05) is 30.3 Å². The highest BCUT2D eigenvalue weighted by atomic mass is 16.1. The zero-order valence-electron chi connectivity index (χ0n) is 14.3. The maximum absolute atomic E-state index is 12.6. The van der Waals surface area contributed by atoms with E-state index in [2.05, 4.69) is 27.8 Å². The number of amides is 1. The van der Waals surface area contributed by atoms with E-state index in [4.69, 9.17) is 0 Å². The topological polar surface area (TPSA) is 58.4 Å². The molecular formula is C20H22N4O. The molecule has 1 amide bonds. The van der Waals surface area contributed by atoms with Gasteiger partial charge in [-0.3, -0.25) is 9.20 Å². The summed E-state index contributed by atoms with van der Waals surface area (Å²) in [6, 6.07) is 14.2. The van der Waals surface area contributed by atoms with Crippen LogP contribution in [0.1, 0.15) is 28.9 Å². The largest absolute Gasteiger partial charge is 0.349 e. The van der Waals surface area contributed by atoms with Crippen molar-refractivity contribution in [3.8, 4) is 11.3 Å². The van der Waals surface area contributed by atoms with E-state index in [0.717, 1.165) is 48.5 Å². The van der Waals surface area contributed by atoms with Crippen molar-refractivity contribution in [1.29, 1.82) is 0 Å². The second-order valence-electron chi connectivity index (χ2n) is 6.56. The van der Waals surface area contributed by atoms with Gasteiger partial charge in [0.05, 0.1) is 17.0 Å². The van der Waals surface area contributed by atoms with Crippen LogP contribution in [0.15, 0.2) is 48.7 Å². The van der Waals surface area contributed by atoms with Gasteiger partial charge in [-0.25, -0.2) is 4.98 Å². The molecule has 1 fully saturated rings. The fraction of sp³-hybridized carbons (Fsp3) is 0.300. The highest BCUT2D eigenvalue weighted by molar-refractivity contribution is 5.94. The molecule has 25 heavy (non-hydrogen) atoms. The average Bonchev–Trinajstić information content (AvgIpc) is 2.98. The van der Waals surface area contributed by atoms with Crippen molar-refractivity contribution in [2.24, 2.45) is 0 Å². The molecule has 128 valence electrons. The van der Waals surface area contributed by atoms with Crippen LogP contribution in [0.2, 0.25) is 0 Å². The second-order valence-corrected chi connectivity index (χ2v) is 6.56. The number of aryl methyl sites for hydroxylation is 1.